The van der Waals surface area contributed by atoms with Gasteiger partial charge in [0.1, 0.15) is 0 Å². The fraction of sp³-hybridized carbons (Fsp3) is 0.0476. The second-order valence-corrected chi connectivity index (χ2v) is 11.6. The fourth-order valence-corrected chi connectivity index (χ4v) is 7.39. The van der Waals surface area contributed by atoms with E-state index in [-0.39, 0.29) is 0 Å². The fourth-order valence-electron chi connectivity index (χ4n) is 7.39. The smallest absolute Gasteiger partial charge is 0.00262 e. The summed E-state index contributed by atoms with van der Waals surface area (Å²) in [6.45, 7) is 0. The van der Waals surface area contributed by atoms with Crippen molar-refractivity contribution in [1.82, 2.24) is 0 Å². The minimum absolute atomic E-state index is 1.13. The van der Waals surface area contributed by atoms with E-state index in [4.69, 9.17) is 0 Å². The van der Waals surface area contributed by atoms with E-state index in [1.54, 1.807) is 0 Å². The lowest BCUT2D eigenvalue weighted by Crippen LogP contribution is -1.91. The molecule has 1 aliphatic carbocycles. The van der Waals surface area contributed by atoms with Gasteiger partial charge in [-0.25, -0.2) is 0 Å². The summed E-state index contributed by atoms with van der Waals surface area (Å²) in [7, 11) is 0. The van der Waals surface area contributed by atoms with Crippen LogP contribution in [0.25, 0.3) is 76.5 Å². The first-order chi connectivity index (χ1) is 20.8. The van der Waals surface area contributed by atoms with Crippen LogP contribution in [0.2, 0.25) is 0 Å². The van der Waals surface area contributed by atoms with E-state index in [1.807, 2.05) is 0 Å². The molecule has 0 saturated carbocycles. The SMILES string of the molecule is c1cc(-c2cc3c4c(cccc4c2)CC3)cc(-c2c3ccccc3c(-c3ccc4ccccc4c3)c3ccccc23)c1. The van der Waals surface area contributed by atoms with Crippen LogP contribution < -0.4 is 0 Å². The highest BCUT2D eigenvalue weighted by molar-refractivity contribution is 6.21. The molecule has 0 saturated heterocycles. The van der Waals surface area contributed by atoms with Gasteiger partial charge in [0.2, 0.25) is 0 Å². The molecule has 0 spiro atoms. The van der Waals surface area contributed by atoms with Crippen molar-refractivity contribution in [2.75, 3.05) is 0 Å². The summed E-state index contributed by atoms with van der Waals surface area (Å²) in [5.41, 5.74) is 10.7. The number of hydrogen-bond donors (Lipinski definition) is 0. The Bertz CT molecular complexity index is 2300. The van der Waals surface area contributed by atoms with Crippen LogP contribution >= 0.6 is 0 Å². The standard InChI is InChI=1S/C42H28/c1-2-10-29-23-34(21-19-27(29)9-1)42-38-17-5-3-15-36(38)41(37-16-4-6-18-39(37)42)32-14-8-12-30(24-32)35-25-31-13-7-11-28-20-22-33(26-35)40(28)31/h1-19,21,23-26H,20,22H2. The number of benzene rings is 8. The molecule has 0 aromatic heterocycles. The van der Waals surface area contributed by atoms with Crippen molar-refractivity contribution >= 4 is 43.1 Å². The number of rotatable bonds is 3. The lowest BCUT2D eigenvalue weighted by Gasteiger charge is -2.18. The average molecular weight is 533 g/mol. The predicted molar refractivity (Wildman–Crippen MR) is 180 cm³/mol. The molecule has 0 unspecified atom stereocenters. The molecule has 8 aromatic carbocycles. The van der Waals surface area contributed by atoms with E-state index in [9.17, 15) is 0 Å². The van der Waals surface area contributed by atoms with Crippen LogP contribution in [0.4, 0.5) is 0 Å². The third-order valence-electron chi connectivity index (χ3n) is 9.26. The molecule has 0 fully saturated rings. The van der Waals surface area contributed by atoms with Gasteiger partial charge in [-0.1, -0.05) is 127 Å². The van der Waals surface area contributed by atoms with Crippen LogP contribution in [-0.4, -0.2) is 0 Å². The Kier molecular flexibility index (Phi) is 5.12. The topological polar surface area (TPSA) is 0 Å². The molecule has 0 radical (unpaired) electrons. The Balaban J connectivity index is 1.29. The molecular weight excluding hydrogens is 504 g/mol. The third kappa shape index (κ3) is 3.55. The second-order valence-electron chi connectivity index (χ2n) is 11.6. The maximum Gasteiger partial charge on any atom is -0.00262 e. The molecule has 0 nitrogen and oxygen atoms in total. The zero-order valence-corrected chi connectivity index (χ0v) is 23.3. The number of fused-ring (bicyclic) bond motifs is 3. The zero-order chi connectivity index (χ0) is 27.6. The summed E-state index contributed by atoms with van der Waals surface area (Å²) in [5.74, 6) is 0. The first kappa shape index (κ1) is 23.5. The molecule has 196 valence electrons. The van der Waals surface area contributed by atoms with Gasteiger partial charge >= 0.3 is 0 Å². The second kappa shape index (κ2) is 9.16. The van der Waals surface area contributed by atoms with Crippen LogP contribution in [-0.2, 0) is 12.8 Å². The van der Waals surface area contributed by atoms with Crippen LogP contribution in [0, 0.1) is 0 Å². The van der Waals surface area contributed by atoms with Gasteiger partial charge in [-0.2, -0.15) is 0 Å². The molecule has 1 aliphatic rings. The van der Waals surface area contributed by atoms with Crippen molar-refractivity contribution in [2.45, 2.75) is 12.8 Å². The van der Waals surface area contributed by atoms with Crippen molar-refractivity contribution in [3.05, 3.63) is 157 Å². The Morgan fingerprint density at radius 1 is 0.310 bits per heavy atom. The molecular formula is C42H28. The molecule has 0 heterocycles. The predicted octanol–water partition coefficient (Wildman–Crippen LogP) is 11.4. The number of aryl methyl sites for hydroxylation is 2. The maximum absolute atomic E-state index is 2.43. The quantitative estimate of drug-likeness (QED) is 0.199. The van der Waals surface area contributed by atoms with Gasteiger partial charge in [0, 0.05) is 0 Å². The van der Waals surface area contributed by atoms with Crippen molar-refractivity contribution < 1.29 is 0 Å². The van der Waals surface area contributed by atoms with Crippen molar-refractivity contribution in [3.8, 4) is 33.4 Å². The lowest BCUT2D eigenvalue weighted by atomic mass is 9.85. The van der Waals surface area contributed by atoms with E-state index >= 15 is 0 Å². The maximum atomic E-state index is 2.43. The highest BCUT2D eigenvalue weighted by Gasteiger charge is 2.18. The molecule has 0 N–H and O–H groups in total. The average Bonchev–Trinajstić information content (AvgIpc) is 3.47. The van der Waals surface area contributed by atoms with Crippen LogP contribution in [0.3, 0.4) is 0 Å². The monoisotopic (exact) mass is 532 g/mol. The van der Waals surface area contributed by atoms with Gasteiger partial charge in [-0.15, -0.1) is 0 Å². The molecule has 9 rings (SSSR count). The van der Waals surface area contributed by atoms with E-state index in [0.29, 0.717) is 0 Å². The molecule has 0 atom stereocenters. The molecule has 0 aliphatic heterocycles. The van der Waals surface area contributed by atoms with Crippen LogP contribution in [0.5, 0.6) is 0 Å². The van der Waals surface area contributed by atoms with Gasteiger partial charge in [-0.3, -0.25) is 0 Å². The molecule has 0 bridgehead atoms. The summed E-state index contributed by atoms with van der Waals surface area (Å²) >= 11 is 0. The molecule has 0 amide bonds. The Morgan fingerprint density at radius 2 is 0.857 bits per heavy atom. The van der Waals surface area contributed by atoms with Crippen molar-refractivity contribution in [3.63, 3.8) is 0 Å². The lowest BCUT2D eigenvalue weighted by molar-refractivity contribution is 1.02. The van der Waals surface area contributed by atoms with Gasteiger partial charge < -0.3 is 0 Å². The van der Waals surface area contributed by atoms with Crippen molar-refractivity contribution in [2.24, 2.45) is 0 Å². The van der Waals surface area contributed by atoms with Crippen LogP contribution in [0.15, 0.2) is 146 Å². The van der Waals surface area contributed by atoms with Gasteiger partial charge in [0.25, 0.3) is 0 Å². The summed E-state index contributed by atoms with van der Waals surface area (Å²) in [5, 5.41) is 10.5. The van der Waals surface area contributed by atoms with Gasteiger partial charge in [0.15, 0.2) is 0 Å². The highest BCUT2D eigenvalue weighted by atomic mass is 14.2. The van der Waals surface area contributed by atoms with E-state index in [1.165, 1.54) is 87.6 Å². The van der Waals surface area contributed by atoms with Crippen LogP contribution in [0.1, 0.15) is 11.1 Å². The highest BCUT2D eigenvalue weighted by Crippen LogP contribution is 2.45. The van der Waals surface area contributed by atoms with E-state index in [2.05, 4.69) is 146 Å². The largest absolute Gasteiger partial charge is 0.0616 e. The summed E-state index contributed by atoms with van der Waals surface area (Å²) in [4.78, 5) is 0. The van der Waals surface area contributed by atoms with E-state index < -0.39 is 0 Å². The molecule has 0 heteroatoms. The summed E-state index contributed by atoms with van der Waals surface area (Å²) in [6, 6.07) is 54.2. The van der Waals surface area contributed by atoms with Gasteiger partial charge in [-0.05, 0) is 119 Å². The summed E-state index contributed by atoms with van der Waals surface area (Å²) < 4.78 is 0. The molecule has 42 heavy (non-hydrogen) atoms. The first-order valence-electron chi connectivity index (χ1n) is 14.9. The molecule has 8 aromatic rings. The van der Waals surface area contributed by atoms with Gasteiger partial charge in [0.05, 0.1) is 0 Å². The minimum Gasteiger partial charge on any atom is -0.0616 e. The third-order valence-corrected chi connectivity index (χ3v) is 9.26. The normalized spacial score (nSPS) is 12.6. The minimum atomic E-state index is 1.13. The Hall–Kier alpha value is -5.20. The summed E-state index contributed by atoms with van der Waals surface area (Å²) in [6.07, 6.45) is 2.28. The Labute approximate surface area is 245 Å². The van der Waals surface area contributed by atoms with E-state index in [0.717, 1.165) is 12.8 Å². The number of hydrogen-bond acceptors (Lipinski definition) is 0. The zero-order valence-electron chi connectivity index (χ0n) is 23.3. The van der Waals surface area contributed by atoms with Crippen molar-refractivity contribution in [1.29, 1.82) is 0 Å². The Morgan fingerprint density at radius 3 is 1.60 bits per heavy atom. The first-order valence-corrected chi connectivity index (χ1v) is 14.9.